The third-order valence-corrected chi connectivity index (χ3v) is 3.77. The van der Waals surface area contributed by atoms with Crippen LogP contribution in [0.2, 0.25) is 0 Å². The molecule has 0 bridgehead atoms. The molecule has 2 heterocycles. The highest BCUT2D eigenvalue weighted by Crippen LogP contribution is 2.15. The van der Waals surface area contributed by atoms with Gasteiger partial charge in [-0.25, -0.2) is 9.67 Å². The van der Waals surface area contributed by atoms with Gasteiger partial charge in [-0.2, -0.15) is 5.10 Å². The summed E-state index contributed by atoms with van der Waals surface area (Å²) in [6.45, 7) is 6.38. The van der Waals surface area contributed by atoms with Gasteiger partial charge in [0, 0.05) is 18.1 Å². The van der Waals surface area contributed by atoms with Crippen LogP contribution in [0, 0.1) is 12.8 Å². The molecule has 1 amide bonds. The van der Waals surface area contributed by atoms with Gasteiger partial charge in [0.25, 0.3) is 11.5 Å². The molecule has 0 spiro atoms. The molecule has 0 unspecified atom stereocenters. The van der Waals surface area contributed by atoms with Gasteiger partial charge in [0.1, 0.15) is 5.82 Å². The average molecular weight is 336 g/mol. The Morgan fingerprint density at radius 2 is 1.88 bits per heavy atom. The van der Waals surface area contributed by atoms with Crippen LogP contribution in [0.1, 0.15) is 29.9 Å². The molecular formula is C19H20N4O2. The lowest BCUT2D eigenvalue weighted by molar-refractivity contribution is 0.102. The Hall–Kier alpha value is -3.02. The average Bonchev–Trinajstić information content (AvgIpc) is 2.59. The van der Waals surface area contributed by atoms with Crippen LogP contribution >= 0.6 is 0 Å². The largest absolute Gasteiger partial charge is 0.305 e. The van der Waals surface area contributed by atoms with E-state index in [1.54, 1.807) is 36.5 Å². The smallest absolute Gasteiger partial charge is 0.277 e. The van der Waals surface area contributed by atoms with Crippen molar-refractivity contribution in [1.82, 2.24) is 14.8 Å². The normalized spacial score (nSPS) is 11.0. The number of benzene rings is 1. The Bertz CT molecular complexity index is 975. The van der Waals surface area contributed by atoms with Crippen molar-refractivity contribution in [3.63, 3.8) is 0 Å². The van der Waals surface area contributed by atoms with Crippen LogP contribution in [-0.4, -0.2) is 20.7 Å². The summed E-state index contributed by atoms with van der Waals surface area (Å²) in [5.41, 5.74) is 1.04. The highest BCUT2D eigenvalue weighted by Gasteiger charge is 2.17. The molecule has 6 nitrogen and oxygen atoms in total. The molecule has 2 aromatic heterocycles. The molecule has 3 rings (SSSR count). The zero-order chi connectivity index (χ0) is 18.0. The number of amides is 1. The Morgan fingerprint density at radius 1 is 1.16 bits per heavy atom. The number of carbonyl (C=O) groups is 1. The molecule has 0 saturated heterocycles. The van der Waals surface area contributed by atoms with E-state index in [-0.39, 0.29) is 23.1 Å². The van der Waals surface area contributed by atoms with Gasteiger partial charge in [0.2, 0.25) is 0 Å². The standard InChI is InChI=1S/C19H20N4O2/c1-12(2)11-23-19(25)15-7-5-4-6-14(15)17(22-23)18(24)21-16-9-8-13(3)10-20-16/h4-10,12H,11H2,1-3H3,(H,20,21,24). The first-order chi connectivity index (χ1) is 12.0. The number of anilines is 1. The summed E-state index contributed by atoms with van der Waals surface area (Å²) in [4.78, 5) is 29.5. The molecule has 0 aliphatic heterocycles. The Morgan fingerprint density at radius 3 is 2.52 bits per heavy atom. The van der Waals surface area contributed by atoms with E-state index in [1.165, 1.54) is 4.68 Å². The molecule has 1 N–H and O–H groups in total. The molecule has 0 atom stereocenters. The van der Waals surface area contributed by atoms with Crippen LogP contribution in [0.15, 0.2) is 47.4 Å². The summed E-state index contributed by atoms with van der Waals surface area (Å²) >= 11 is 0. The number of fused-ring (bicyclic) bond motifs is 1. The van der Waals surface area contributed by atoms with E-state index in [0.29, 0.717) is 23.1 Å². The van der Waals surface area contributed by atoms with Crippen LogP contribution in [0.3, 0.4) is 0 Å². The van der Waals surface area contributed by atoms with E-state index in [1.807, 2.05) is 26.8 Å². The topological polar surface area (TPSA) is 76.9 Å². The number of nitrogens with zero attached hydrogens (tertiary/aromatic N) is 3. The van der Waals surface area contributed by atoms with Crippen LogP contribution < -0.4 is 10.9 Å². The number of aryl methyl sites for hydroxylation is 1. The molecule has 3 aromatic rings. The second-order valence-electron chi connectivity index (χ2n) is 6.45. The maximum absolute atomic E-state index is 12.7. The minimum Gasteiger partial charge on any atom is -0.305 e. The summed E-state index contributed by atoms with van der Waals surface area (Å²) in [5, 5.41) is 8.09. The maximum atomic E-state index is 12.7. The number of carbonyl (C=O) groups excluding carboxylic acids is 1. The highest BCUT2D eigenvalue weighted by atomic mass is 16.2. The monoisotopic (exact) mass is 336 g/mol. The van der Waals surface area contributed by atoms with Crippen LogP contribution in [-0.2, 0) is 6.54 Å². The number of nitrogens with one attached hydrogen (secondary N) is 1. The SMILES string of the molecule is Cc1ccc(NC(=O)c2nn(CC(C)C)c(=O)c3ccccc23)nc1. The second-order valence-corrected chi connectivity index (χ2v) is 6.45. The lowest BCUT2D eigenvalue weighted by atomic mass is 10.1. The van der Waals surface area contributed by atoms with Crippen molar-refractivity contribution < 1.29 is 4.79 Å². The second kappa shape index (κ2) is 6.84. The Labute approximate surface area is 145 Å². The molecule has 25 heavy (non-hydrogen) atoms. The summed E-state index contributed by atoms with van der Waals surface area (Å²) < 4.78 is 1.37. The maximum Gasteiger partial charge on any atom is 0.277 e. The molecule has 0 aliphatic rings. The van der Waals surface area contributed by atoms with E-state index < -0.39 is 0 Å². The molecular weight excluding hydrogens is 316 g/mol. The van der Waals surface area contributed by atoms with Gasteiger partial charge in [0.05, 0.1) is 5.39 Å². The van der Waals surface area contributed by atoms with E-state index >= 15 is 0 Å². The van der Waals surface area contributed by atoms with Gasteiger partial charge in [-0.15, -0.1) is 0 Å². The fraction of sp³-hybridized carbons (Fsp3) is 0.263. The minimum atomic E-state index is -0.384. The van der Waals surface area contributed by atoms with Crippen LogP contribution in [0.25, 0.3) is 10.8 Å². The minimum absolute atomic E-state index is 0.186. The molecule has 1 aromatic carbocycles. The van der Waals surface area contributed by atoms with E-state index in [9.17, 15) is 9.59 Å². The lowest BCUT2D eigenvalue weighted by Gasteiger charge is -2.12. The molecule has 6 heteroatoms. The van der Waals surface area contributed by atoms with E-state index in [0.717, 1.165) is 5.56 Å². The molecule has 0 radical (unpaired) electrons. The van der Waals surface area contributed by atoms with Crippen molar-refractivity contribution >= 4 is 22.5 Å². The number of aromatic nitrogens is 3. The first kappa shape index (κ1) is 16.8. The third-order valence-electron chi connectivity index (χ3n) is 3.77. The molecule has 128 valence electrons. The van der Waals surface area contributed by atoms with Crippen molar-refractivity contribution in [2.45, 2.75) is 27.3 Å². The first-order valence-corrected chi connectivity index (χ1v) is 8.19. The van der Waals surface area contributed by atoms with Crippen LogP contribution in [0.4, 0.5) is 5.82 Å². The lowest BCUT2D eigenvalue weighted by Crippen LogP contribution is -2.29. The van der Waals surface area contributed by atoms with Crippen molar-refractivity contribution in [2.24, 2.45) is 5.92 Å². The number of pyridine rings is 1. The Kier molecular flexibility index (Phi) is 4.61. The van der Waals surface area contributed by atoms with Gasteiger partial charge >= 0.3 is 0 Å². The molecule has 0 fully saturated rings. The predicted molar refractivity (Wildman–Crippen MR) is 97.8 cm³/mol. The predicted octanol–water partition coefficient (Wildman–Crippen LogP) is 3.01. The summed E-state index contributed by atoms with van der Waals surface area (Å²) in [5.74, 6) is 0.300. The fourth-order valence-electron chi connectivity index (χ4n) is 2.59. The summed E-state index contributed by atoms with van der Waals surface area (Å²) in [6, 6.07) is 10.6. The number of hydrogen-bond donors (Lipinski definition) is 1. The third kappa shape index (κ3) is 3.57. The number of rotatable bonds is 4. The molecule has 0 aliphatic carbocycles. The quantitative estimate of drug-likeness (QED) is 0.794. The van der Waals surface area contributed by atoms with Crippen molar-refractivity contribution in [3.05, 3.63) is 64.2 Å². The summed E-state index contributed by atoms with van der Waals surface area (Å²) in [6.07, 6.45) is 1.68. The van der Waals surface area contributed by atoms with Crippen molar-refractivity contribution in [1.29, 1.82) is 0 Å². The van der Waals surface area contributed by atoms with Gasteiger partial charge in [-0.1, -0.05) is 38.1 Å². The zero-order valence-electron chi connectivity index (χ0n) is 14.5. The number of hydrogen-bond acceptors (Lipinski definition) is 4. The first-order valence-electron chi connectivity index (χ1n) is 8.19. The van der Waals surface area contributed by atoms with E-state index in [4.69, 9.17) is 0 Å². The van der Waals surface area contributed by atoms with Gasteiger partial charge in [-0.05, 0) is 30.5 Å². The molecule has 0 saturated carbocycles. The summed E-state index contributed by atoms with van der Waals surface area (Å²) in [7, 11) is 0. The van der Waals surface area contributed by atoms with Crippen molar-refractivity contribution in [2.75, 3.05) is 5.32 Å². The Balaban J connectivity index is 2.07. The fourth-order valence-corrected chi connectivity index (χ4v) is 2.59. The van der Waals surface area contributed by atoms with Gasteiger partial charge in [0.15, 0.2) is 5.69 Å². The van der Waals surface area contributed by atoms with Gasteiger partial charge < -0.3 is 5.32 Å². The van der Waals surface area contributed by atoms with E-state index in [2.05, 4.69) is 15.4 Å². The highest BCUT2D eigenvalue weighted by molar-refractivity contribution is 6.10. The van der Waals surface area contributed by atoms with Crippen LogP contribution in [0.5, 0.6) is 0 Å². The zero-order valence-corrected chi connectivity index (χ0v) is 14.5. The van der Waals surface area contributed by atoms with Crippen molar-refractivity contribution in [3.8, 4) is 0 Å². The van der Waals surface area contributed by atoms with Gasteiger partial charge in [-0.3, -0.25) is 9.59 Å².